The molecule has 0 aliphatic rings. The second-order valence-corrected chi connectivity index (χ2v) is 1.96. The molecule has 62 valence electrons. The smallest absolute Gasteiger partial charge is 0.0901 e. The third-order valence-electron chi connectivity index (χ3n) is 1.03. The van der Waals surface area contributed by atoms with E-state index in [1.54, 1.807) is 13.0 Å². The van der Waals surface area contributed by atoms with E-state index >= 15 is 0 Å². The van der Waals surface area contributed by atoms with Gasteiger partial charge in [0.25, 0.3) is 0 Å². The largest absolute Gasteiger partial charge is 0.412 e. The molecule has 0 fully saturated rings. The van der Waals surface area contributed by atoms with Crippen molar-refractivity contribution in [2.45, 2.75) is 19.4 Å². The first-order valence-electron chi connectivity index (χ1n) is 3.02. The van der Waals surface area contributed by atoms with E-state index in [4.69, 9.17) is 16.6 Å². The fraction of sp³-hybridized carbons (Fsp3) is 0.667. The second kappa shape index (κ2) is 6.54. The lowest BCUT2D eigenvalue weighted by Crippen LogP contribution is -2.13. The summed E-state index contributed by atoms with van der Waals surface area (Å²) in [5.74, 6) is 0. The first-order valence-corrected chi connectivity index (χ1v) is 3.02. The van der Waals surface area contributed by atoms with Crippen LogP contribution in [0.3, 0.4) is 0 Å². The van der Waals surface area contributed by atoms with Crippen LogP contribution in [0.2, 0.25) is 0 Å². The molecule has 4 heteroatoms. The molecule has 0 aromatic rings. The Labute approximate surface area is 60.8 Å². The van der Waals surface area contributed by atoms with Crippen LogP contribution in [0.15, 0.2) is 11.8 Å². The zero-order valence-corrected chi connectivity index (χ0v) is 6.17. The van der Waals surface area contributed by atoms with Crippen molar-refractivity contribution in [3.05, 3.63) is 11.8 Å². The summed E-state index contributed by atoms with van der Waals surface area (Å²) in [6.45, 7) is 2.20. The predicted molar refractivity (Wildman–Crippen MR) is 41.2 cm³/mol. The monoisotopic (exact) mass is 148 g/mol. The average Bonchev–Trinajstić information content (AvgIpc) is 1.82. The van der Waals surface area contributed by atoms with Crippen molar-refractivity contribution in [2.75, 3.05) is 6.54 Å². The molecule has 0 radical (unpaired) electrons. The van der Waals surface area contributed by atoms with Gasteiger partial charge in [-0.1, -0.05) is 6.08 Å². The van der Waals surface area contributed by atoms with Crippen molar-refractivity contribution in [2.24, 2.45) is 11.5 Å². The van der Waals surface area contributed by atoms with Crippen LogP contribution in [0.1, 0.15) is 13.3 Å². The number of hydrogen-bond acceptors (Lipinski definition) is 3. The zero-order chi connectivity index (χ0) is 7.28. The maximum absolute atomic E-state index is 8.81. The molecule has 7 N–H and O–H groups in total. The Morgan fingerprint density at radius 1 is 1.70 bits per heavy atom. The molecule has 0 aromatic carbocycles. The summed E-state index contributed by atoms with van der Waals surface area (Å²) in [6.07, 6.45) is 1.93. The summed E-state index contributed by atoms with van der Waals surface area (Å²) in [6, 6.07) is 0. The van der Waals surface area contributed by atoms with E-state index in [0.29, 0.717) is 12.2 Å². The lowest BCUT2D eigenvalue weighted by Gasteiger charge is -2.02. The Morgan fingerprint density at radius 3 is 2.50 bits per heavy atom. The van der Waals surface area contributed by atoms with Gasteiger partial charge >= 0.3 is 0 Å². The molecule has 0 rings (SSSR count). The molecule has 10 heavy (non-hydrogen) atoms. The molecule has 1 atom stereocenters. The van der Waals surface area contributed by atoms with Gasteiger partial charge in [-0.05, 0) is 19.9 Å². The summed E-state index contributed by atoms with van der Waals surface area (Å²) in [7, 11) is 0. The number of aliphatic hydroxyl groups is 1. The van der Waals surface area contributed by atoms with Crippen LogP contribution >= 0.6 is 0 Å². The Kier molecular flexibility index (Phi) is 7.93. The highest BCUT2D eigenvalue weighted by atomic mass is 16.3. The third-order valence-corrected chi connectivity index (χ3v) is 1.03. The SMILES string of the molecule is CC(O)C(N)=CCCN.O. The van der Waals surface area contributed by atoms with Crippen LogP contribution in [0.5, 0.6) is 0 Å². The van der Waals surface area contributed by atoms with Crippen LogP contribution in [0, 0.1) is 0 Å². The fourth-order valence-electron chi connectivity index (χ4n) is 0.421. The summed E-state index contributed by atoms with van der Waals surface area (Å²) < 4.78 is 0. The molecule has 0 saturated heterocycles. The molecular weight excluding hydrogens is 132 g/mol. The molecule has 4 nitrogen and oxygen atoms in total. The van der Waals surface area contributed by atoms with Gasteiger partial charge in [0.15, 0.2) is 0 Å². The van der Waals surface area contributed by atoms with Gasteiger partial charge < -0.3 is 22.1 Å². The standard InChI is InChI=1S/C6H14N2O.H2O/c1-5(9)6(8)3-2-4-7;/h3,5,9H,2,4,7-8H2,1H3;1H2. The van der Waals surface area contributed by atoms with Gasteiger partial charge in [-0.3, -0.25) is 0 Å². The lowest BCUT2D eigenvalue weighted by molar-refractivity contribution is 0.229. The normalized spacial score (nSPS) is 14.1. The summed E-state index contributed by atoms with van der Waals surface area (Å²) in [5, 5.41) is 8.81. The van der Waals surface area contributed by atoms with Crippen LogP contribution < -0.4 is 11.5 Å². The van der Waals surface area contributed by atoms with Gasteiger partial charge in [0.2, 0.25) is 0 Å². The highest BCUT2D eigenvalue weighted by Crippen LogP contribution is 1.93. The van der Waals surface area contributed by atoms with Crippen LogP contribution in [0.25, 0.3) is 0 Å². The molecular formula is C6H16N2O2. The number of nitrogens with two attached hydrogens (primary N) is 2. The van der Waals surface area contributed by atoms with E-state index in [2.05, 4.69) is 0 Å². The molecule has 0 aliphatic carbocycles. The Morgan fingerprint density at radius 2 is 2.20 bits per heavy atom. The van der Waals surface area contributed by atoms with Crippen molar-refractivity contribution in [3.8, 4) is 0 Å². The van der Waals surface area contributed by atoms with Crippen molar-refractivity contribution in [1.29, 1.82) is 0 Å². The molecule has 0 bridgehead atoms. The van der Waals surface area contributed by atoms with E-state index in [9.17, 15) is 0 Å². The van der Waals surface area contributed by atoms with E-state index in [-0.39, 0.29) is 5.48 Å². The first kappa shape index (κ1) is 12.1. The average molecular weight is 148 g/mol. The quantitative estimate of drug-likeness (QED) is 0.465. The molecule has 0 aromatic heterocycles. The van der Waals surface area contributed by atoms with E-state index in [1.807, 2.05) is 0 Å². The van der Waals surface area contributed by atoms with Crippen molar-refractivity contribution >= 4 is 0 Å². The zero-order valence-electron chi connectivity index (χ0n) is 6.17. The maximum Gasteiger partial charge on any atom is 0.0901 e. The minimum atomic E-state index is -0.545. The van der Waals surface area contributed by atoms with Crippen molar-refractivity contribution in [1.82, 2.24) is 0 Å². The van der Waals surface area contributed by atoms with Gasteiger partial charge in [0, 0.05) is 5.70 Å². The van der Waals surface area contributed by atoms with Crippen molar-refractivity contribution < 1.29 is 10.6 Å². The molecule has 1 unspecified atom stereocenters. The van der Waals surface area contributed by atoms with Crippen molar-refractivity contribution in [3.63, 3.8) is 0 Å². The minimum absolute atomic E-state index is 0. The van der Waals surface area contributed by atoms with Gasteiger partial charge in [0.1, 0.15) is 0 Å². The Balaban J connectivity index is 0. The number of hydrogen-bond donors (Lipinski definition) is 3. The predicted octanol–water partition coefficient (Wildman–Crippen LogP) is -1.27. The van der Waals surface area contributed by atoms with Gasteiger partial charge in [0.05, 0.1) is 6.10 Å². The topological polar surface area (TPSA) is 104 Å². The van der Waals surface area contributed by atoms with Crippen LogP contribution in [-0.2, 0) is 0 Å². The minimum Gasteiger partial charge on any atom is -0.412 e. The molecule has 0 saturated carbocycles. The Hall–Kier alpha value is -0.580. The van der Waals surface area contributed by atoms with Gasteiger partial charge in [-0.15, -0.1) is 0 Å². The number of rotatable bonds is 3. The molecule has 0 heterocycles. The molecule has 0 spiro atoms. The maximum atomic E-state index is 8.81. The van der Waals surface area contributed by atoms with Crippen LogP contribution in [0.4, 0.5) is 0 Å². The van der Waals surface area contributed by atoms with E-state index in [0.717, 1.165) is 6.42 Å². The van der Waals surface area contributed by atoms with Crippen LogP contribution in [-0.4, -0.2) is 23.2 Å². The summed E-state index contributed by atoms with van der Waals surface area (Å²) >= 11 is 0. The lowest BCUT2D eigenvalue weighted by atomic mass is 10.2. The van der Waals surface area contributed by atoms with Gasteiger partial charge in [-0.25, -0.2) is 0 Å². The molecule has 0 amide bonds. The van der Waals surface area contributed by atoms with Gasteiger partial charge in [-0.2, -0.15) is 0 Å². The third kappa shape index (κ3) is 5.55. The number of aliphatic hydroxyl groups excluding tert-OH is 1. The highest BCUT2D eigenvalue weighted by molar-refractivity contribution is 5.00. The Bertz CT molecular complexity index is 102. The van der Waals surface area contributed by atoms with E-state index in [1.165, 1.54) is 0 Å². The fourth-order valence-corrected chi connectivity index (χ4v) is 0.421. The first-order chi connectivity index (χ1) is 4.18. The highest BCUT2D eigenvalue weighted by Gasteiger charge is 1.95. The molecule has 0 aliphatic heterocycles. The summed E-state index contributed by atoms with van der Waals surface area (Å²) in [4.78, 5) is 0. The second-order valence-electron chi connectivity index (χ2n) is 1.96. The van der Waals surface area contributed by atoms with E-state index < -0.39 is 6.10 Å². The summed E-state index contributed by atoms with van der Waals surface area (Å²) in [5.41, 5.74) is 11.1.